The molecule has 7 rings (SSSR count). The number of hydrogen-bond acceptors (Lipinski definition) is 7. The van der Waals surface area contributed by atoms with E-state index in [2.05, 4.69) is 15.1 Å². The molecule has 1 saturated carbocycles. The highest BCUT2D eigenvalue weighted by Gasteiger charge is 2.30. The SMILES string of the molecule is N#Cc1ccc2cc(C(=O)c3cnn(-c4ccc5nc(C6CC6)[nH]c5c4)c3N)n(S(=O)(=O)c3ccccc3)c2c1. The standard InChI is InChI=1S/C29H21N7O3S/c30-15-17-6-7-19-13-26(36(25(19)12-17)40(38,39)21-4-2-1-3-5-21)27(37)22-16-32-35(28(22)31)20-10-11-23-24(14-20)34-29(33-23)18-8-9-18/h1-7,10-14,16,18H,8-9,31H2,(H,33,34). The Morgan fingerprint density at radius 2 is 1.85 bits per heavy atom. The van der Waals surface area contributed by atoms with E-state index in [1.54, 1.807) is 30.3 Å². The summed E-state index contributed by atoms with van der Waals surface area (Å²) >= 11 is 0. The Kier molecular flexibility index (Phi) is 5.17. The number of nitrogens with zero attached hydrogens (tertiary/aromatic N) is 5. The number of aromatic amines is 1. The van der Waals surface area contributed by atoms with Gasteiger partial charge in [-0.1, -0.05) is 24.3 Å². The van der Waals surface area contributed by atoms with Gasteiger partial charge in [-0.3, -0.25) is 4.79 Å². The van der Waals surface area contributed by atoms with Crippen molar-refractivity contribution in [3.8, 4) is 11.8 Å². The van der Waals surface area contributed by atoms with E-state index in [1.165, 1.54) is 35.1 Å². The molecule has 196 valence electrons. The summed E-state index contributed by atoms with van der Waals surface area (Å²) in [5.41, 5.74) is 9.16. The monoisotopic (exact) mass is 547 g/mol. The van der Waals surface area contributed by atoms with Gasteiger partial charge in [-0.15, -0.1) is 0 Å². The lowest BCUT2D eigenvalue weighted by atomic mass is 10.1. The number of nitrogens with two attached hydrogens (primary N) is 1. The van der Waals surface area contributed by atoms with E-state index in [9.17, 15) is 18.5 Å². The first-order chi connectivity index (χ1) is 19.3. The lowest BCUT2D eigenvalue weighted by Crippen LogP contribution is -2.19. The molecule has 0 atom stereocenters. The first-order valence-electron chi connectivity index (χ1n) is 12.6. The molecule has 0 bridgehead atoms. The Morgan fingerprint density at radius 1 is 1.05 bits per heavy atom. The number of nitriles is 1. The van der Waals surface area contributed by atoms with Crippen LogP contribution in [0.4, 0.5) is 5.82 Å². The maximum Gasteiger partial charge on any atom is 0.268 e. The van der Waals surface area contributed by atoms with Gasteiger partial charge in [0.05, 0.1) is 50.5 Å². The Labute approximate surface area is 228 Å². The quantitative estimate of drug-likeness (QED) is 0.291. The van der Waals surface area contributed by atoms with Gasteiger partial charge in [0, 0.05) is 11.3 Å². The molecule has 1 fully saturated rings. The number of rotatable bonds is 6. The minimum absolute atomic E-state index is 0.00556. The molecule has 0 radical (unpaired) electrons. The number of benzene rings is 3. The summed E-state index contributed by atoms with van der Waals surface area (Å²) in [7, 11) is -4.21. The first-order valence-corrected chi connectivity index (χ1v) is 14.0. The molecule has 0 unspecified atom stereocenters. The Balaban J connectivity index is 1.35. The van der Waals surface area contributed by atoms with Crippen molar-refractivity contribution in [2.75, 3.05) is 5.73 Å². The third-order valence-corrected chi connectivity index (χ3v) is 8.89. The number of nitrogen functional groups attached to an aromatic ring is 1. The largest absolute Gasteiger partial charge is 0.383 e. The van der Waals surface area contributed by atoms with E-state index < -0.39 is 15.8 Å². The van der Waals surface area contributed by atoms with Gasteiger partial charge in [0.1, 0.15) is 17.3 Å². The molecule has 0 saturated heterocycles. The maximum absolute atomic E-state index is 13.9. The van der Waals surface area contributed by atoms with Crippen molar-refractivity contribution >= 4 is 43.6 Å². The van der Waals surface area contributed by atoms with Gasteiger partial charge in [0.15, 0.2) is 0 Å². The number of nitrogens with one attached hydrogen (secondary N) is 1. The Hall–Kier alpha value is -5.21. The fourth-order valence-electron chi connectivity index (χ4n) is 4.94. The van der Waals surface area contributed by atoms with Gasteiger partial charge in [-0.25, -0.2) is 22.1 Å². The number of ketones is 1. The summed E-state index contributed by atoms with van der Waals surface area (Å²) in [5, 5.41) is 14.3. The predicted molar refractivity (Wildman–Crippen MR) is 149 cm³/mol. The van der Waals surface area contributed by atoms with Gasteiger partial charge in [-0.2, -0.15) is 10.4 Å². The molecule has 0 aliphatic heterocycles. The van der Waals surface area contributed by atoms with Crippen molar-refractivity contribution in [1.82, 2.24) is 23.7 Å². The van der Waals surface area contributed by atoms with Crippen LogP contribution in [0.3, 0.4) is 0 Å². The predicted octanol–water partition coefficient (Wildman–Crippen LogP) is 4.50. The molecule has 3 N–H and O–H groups in total. The summed E-state index contributed by atoms with van der Waals surface area (Å²) in [6, 6.07) is 21.5. The number of carbonyl (C=O) groups excluding carboxylic acids is 1. The summed E-state index contributed by atoms with van der Waals surface area (Å²) in [4.78, 5) is 21.9. The number of anilines is 1. The first kappa shape index (κ1) is 23.9. The van der Waals surface area contributed by atoms with Gasteiger partial charge in [0.25, 0.3) is 10.0 Å². The van der Waals surface area contributed by atoms with Crippen molar-refractivity contribution in [1.29, 1.82) is 5.26 Å². The smallest absolute Gasteiger partial charge is 0.268 e. The van der Waals surface area contributed by atoms with Gasteiger partial charge in [-0.05, 0) is 61.4 Å². The van der Waals surface area contributed by atoms with Gasteiger partial charge < -0.3 is 10.7 Å². The lowest BCUT2D eigenvalue weighted by molar-refractivity contribution is 0.103. The molecule has 40 heavy (non-hydrogen) atoms. The van der Waals surface area contributed by atoms with Crippen LogP contribution in [0.25, 0.3) is 27.6 Å². The molecule has 3 aromatic carbocycles. The number of aromatic nitrogens is 5. The molecule has 6 aromatic rings. The highest BCUT2D eigenvalue weighted by atomic mass is 32.2. The fraction of sp³-hybridized carbons (Fsp3) is 0.103. The maximum atomic E-state index is 13.9. The van der Waals surface area contributed by atoms with Crippen LogP contribution in [-0.2, 0) is 10.0 Å². The third-order valence-electron chi connectivity index (χ3n) is 7.15. The zero-order valence-corrected chi connectivity index (χ0v) is 21.8. The molecule has 11 heteroatoms. The van der Waals surface area contributed by atoms with E-state index in [0.717, 1.165) is 33.7 Å². The summed E-state index contributed by atoms with van der Waals surface area (Å²) in [6.45, 7) is 0. The van der Waals surface area contributed by atoms with Crippen LogP contribution in [0.5, 0.6) is 0 Å². The van der Waals surface area contributed by atoms with Crippen LogP contribution < -0.4 is 5.73 Å². The van der Waals surface area contributed by atoms with Crippen LogP contribution in [-0.4, -0.2) is 37.9 Å². The number of hydrogen-bond donors (Lipinski definition) is 2. The normalized spacial score (nSPS) is 13.6. The summed E-state index contributed by atoms with van der Waals surface area (Å²) in [5.74, 6) is 0.885. The molecular weight excluding hydrogens is 526 g/mol. The van der Waals surface area contributed by atoms with Crippen molar-refractivity contribution in [3.05, 3.63) is 102 Å². The molecule has 3 aromatic heterocycles. The van der Waals surface area contributed by atoms with Gasteiger partial charge in [0.2, 0.25) is 5.78 Å². The molecule has 0 spiro atoms. The number of H-pyrrole nitrogens is 1. The van der Waals surface area contributed by atoms with Crippen LogP contribution in [0, 0.1) is 11.3 Å². The van der Waals surface area contributed by atoms with E-state index in [0.29, 0.717) is 17.0 Å². The van der Waals surface area contributed by atoms with Crippen molar-refractivity contribution in [2.45, 2.75) is 23.7 Å². The highest BCUT2D eigenvalue weighted by Crippen LogP contribution is 2.39. The molecule has 3 heterocycles. The molecule has 1 aliphatic rings. The zero-order chi connectivity index (χ0) is 27.6. The van der Waals surface area contributed by atoms with E-state index in [1.807, 2.05) is 24.3 Å². The molecular formula is C29H21N7O3S. The molecule has 1 aliphatic carbocycles. The zero-order valence-electron chi connectivity index (χ0n) is 20.9. The fourth-order valence-corrected chi connectivity index (χ4v) is 6.46. The lowest BCUT2D eigenvalue weighted by Gasteiger charge is -2.12. The van der Waals surface area contributed by atoms with Crippen LogP contribution in [0.2, 0.25) is 0 Å². The number of imidazole rings is 1. The van der Waals surface area contributed by atoms with Crippen LogP contribution in [0.15, 0.2) is 83.9 Å². The van der Waals surface area contributed by atoms with Crippen molar-refractivity contribution < 1.29 is 13.2 Å². The van der Waals surface area contributed by atoms with E-state index >= 15 is 0 Å². The topological polar surface area (TPSA) is 152 Å². The minimum Gasteiger partial charge on any atom is -0.383 e. The van der Waals surface area contributed by atoms with Crippen molar-refractivity contribution in [3.63, 3.8) is 0 Å². The summed E-state index contributed by atoms with van der Waals surface area (Å²) < 4.78 is 30.1. The molecule has 10 nitrogen and oxygen atoms in total. The second kappa shape index (κ2) is 8.65. The highest BCUT2D eigenvalue weighted by molar-refractivity contribution is 7.90. The van der Waals surface area contributed by atoms with Crippen LogP contribution in [0.1, 0.15) is 46.2 Å². The molecule has 0 amide bonds. The van der Waals surface area contributed by atoms with Crippen molar-refractivity contribution in [2.24, 2.45) is 0 Å². The van der Waals surface area contributed by atoms with E-state index in [-0.39, 0.29) is 33.1 Å². The average molecular weight is 548 g/mol. The van der Waals surface area contributed by atoms with Crippen LogP contribution >= 0.6 is 0 Å². The second-order valence-electron chi connectivity index (χ2n) is 9.78. The minimum atomic E-state index is -4.21. The number of fused-ring (bicyclic) bond motifs is 2. The summed E-state index contributed by atoms with van der Waals surface area (Å²) in [6.07, 6.45) is 3.58. The average Bonchev–Trinajstić information content (AvgIpc) is 3.44. The number of carbonyl (C=O) groups is 1. The van der Waals surface area contributed by atoms with Gasteiger partial charge >= 0.3 is 0 Å². The Morgan fingerprint density at radius 3 is 2.60 bits per heavy atom. The Bertz CT molecular complexity index is 2130. The van der Waals surface area contributed by atoms with E-state index in [4.69, 9.17) is 5.73 Å². The second-order valence-corrected chi connectivity index (χ2v) is 11.6. The third kappa shape index (κ3) is 3.69.